The lowest BCUT2D eigenvalue weighted by atomic mass is 9.93. The normalized spacial score (nSPS) is 19.5. The number of rotatable bonds is 9. The van der Waals surface area contributed by atoms with Crippen LogP contribution in [0.15, 0.2) is 41.3 Å². The fourth-order valence-electron chi connectivity index (χ4n) is 5.58. The van der Waals surface area contributed by atoms with Crippen LogP contribution in [0.4, 0.5) is 17.3 Å². The quantitative estimate of drug-likeness (QED) is 0.378. The maximum absolute atomic E-state index is 13.5. The Morgan fingerprint density at radius 1 is 1.08 bits per heavy atom. The second-order valence-corrected chi connectivity index (χ2v) is 13.7. The summed E-state index contributed by atoms with van der Waals surface area (Å²) in [6.07, 6.45) is 7.83. The number of piperidine rings is 1. The van der Waals surface area contributed by atoms with Crippen LogP contribution in [0.5, 0.6) is 0 Å². The van der Waals surface area contributed by atoms with Crippen LogP contribution in [0.25, 0.3) is 0 Å². The molecule has 5 rings (SSSR count). The zero-order chi connectivity index (χ0) is 27.0. The van der Waals surface area contributed by atoms with Crippen molar-refractivity contribution < 1.29 is 23.4 Å². The topological polar surface area (TPSA) is 132 Å². The Kier molecular flexibility index (Phi) is 7.41. The highest BCUT2D eigenvalue weighted by molar-refractivity contribution is 7.92. The van der Waals surface area contributed by atoms with Gasteiger partial charge < -0.3 is 25.7 Å². The molecular formula is C28H38N4O5S. The van der Waals surface area contributed by atoms with Gasteiger partial charge in [0.25, 0.3) is 5.91 Å². The average Bonchev–Trinajstić information content (AvgIpc) is 3.43. The molecule has 1 saturated heterocycles. The van der Waals surface area contributed by atoms with Crippen LogP contribution in [0, 0.1) is 5.41 Å². The van der Waals surface area contributed by atoms with Crippen molar-refractivity contribution in [1.29, 1.82) is 0 Å². The third kappa shape index (κ3) is 5.53. The number of carbonyl (C=O) groups is 1. The van der Waals surface area contributed by atoms with Crippen molar-refractivity contribution in [2.24, 2.45) is 5.41 Å². The highest BCUT2D eigenvalue weighted by atomic mass is 32.2. The summed E-state index contributed by atoms with van der Waals surface area (Å²) in [6, 6.07) is 9.84. The molecule has 2 heterocycles. The first kappa shape index (κ1) is 26.9. The monoisotopic (exact) mass is 542 g/mol. The number of hydrogen-bond acceptors (Lipinski definition) is 8. The SMILES string of the molecule is CC(CO)(CO)Nc1ccc(C(=O)Nc2cccc(S(=O)(=O)C3CCCC3)c2)c(N2CCC3(CC2)CC3)n1. The van der Waals surface area contributed by atoms with Gasteiger partial charge in [-0.15, -0.1) is 0 Å². The lowest BCUT2D eigenvalue weighted by Gasteiger charge is -2.34. The molecule has 1 amide bonds. The molecule has 9 nitrogen and oxygen atoms in total. The maximum atomic E-state index is 13.5. The molecule has 1 aromatic carbocycles. The number of hydrogen-bond donors (Lipinski definition) is 4. The smallest absolute Gasteiger partial charge is 0.259 e. The Hall–Kier alpha value is -2.69. The Morgan fingerprint density at radius 2 is 1.76 bits per heavy atom. The van der Waals surface area contributed by atoms with Gasteiger partial charge in [-0.3, -0.25) is 4.79 Å². The van der Waals surface area contributed by atoms with Crippen molar-refractivity contribution in [2.45, 2.75) is 74.0 Å². The van der Waals surface area contributed by atoms with Crippen LogP contribution in [0.3, 0.4) is 0 Å². The molecule has 2 aromatic rings. The van der Waals surface area contributed by atoms with Gasteiger partial charge in [0, 0.05) is 18.8 Å². The molecule has 206 valence electrons. The summed E-state index contributed by atoms with van der Waals surface area (Å²) < 4.78 is 26.2. The number of nitrogens with zero attached hydrogens (tertiary/aromatic N) is 2. The molecule has 2 aliphatic carbocycles. The highest BCUT2D eigenvalue weighted by Crippen LogP contribution is 2.54. The first-order valence-electron chi connectivity index (χ1n) is 13.6. The third-order valence-corrected chi connectivity index (χ3v) is 10.7. The van der Waals surface area contributed by atoms with E-state index in [-0.39, 0.29) is 29.3 Å². The predicted molar refractivity (Wildman–Crippen MR) is 147 cm³/mol. The first-order chi connectivity index (χ1) is 18.2. The Labute approximate surface area is 224 Å². The van der Waals surface area contributed by atoms with Crippen molar-refractivity contribution in [1.82, 2.24) is 4.98 Å². The summed E-state index contributed by atoms with van der Waals surface area (Å²) in [7, 11) is -3.44. The van der Waals surface area contributed by atoms with Crippen LogP contribution >= 0.6 is 0 Å². The molecule has 0 bridgehead atoms. The zero-order valence-electron chi connectivity index (χ0n) is 21.9. The molecule has 1 aliphatic heterocycles. The minimum atomic E-state index is -3.44. The summed E-state index contributed by atoms with van der Waals surface area (Å²) in [5.41, 5.74) is 0.304. The Bertz CT molecular complexity index is 1270. The average molecular weight is 543 g/mol. The minimum Gasteiger partial charge on any atom is -0.394 e. The van der Waals surface area contributed by atoms with E-state index in [4.69, 9.17) is 4.98 Å². The van der Waals surface area contributed by atoms with E-state index in [1.807, 2.05) is 0 Å². The van der Waals surface area contributed by atoms with Gasteiger partial charge in [-0.25, -0.2) is 13.4 Å². The Morgan fingerprint density at radius 3 is 2.39 bits per heavy atom. The van der Waals surface area contributed by atoms with E-state index in [0.29, 0.717) is 41.1 Å². The number of anilines is 3. The maximum Gasteiger partial charge on any atom is 0.259 e. The molecule has 0 atom stereocenters. The van der Waals surface area contributed by atoms with Gasteiger partial charge in [0.05, 0.1) is 34.5 Å². The molecule has 3 aliphatic rings. The number of aliphatic hydroxyl groups excluding tert-OH is 2. The summed E-state index contributed by atoms with van der Waals surface area (Å²) >= 11 is 0. The molecule has 3 fully saturated rings. The molecule has 0 radical (unpaired) electrons. The predicted octanol–water partition coefficient (Wildman–Crippen LogP) is 3.59. The number of aliphatic hydroxyl groups is 2. The van der Waals surface area contributed by atoms with Crippen LogP contribution in [0.1, 0.15) is 68.6 Å². The van der Waals surface area contributed by atoms with Crippen molar-refractivity contribution in [3.63, 3.8) is 0 Å². The van der Waals surface area contributed by atoms with E-state index in [2.05, 4.69) is 15.5 Å². The van der Waals surface area contributed by atoms with Crippen molar-refractivity contribution in [2.75, 3.05) is 41.8 Å². The first-order valence-corrected chi connectivity index (χ1v) is 15.1. The van der Waals surface area contributed by atoms with Gasteiger partial charge in [-0.1, -0.05) is 18.9 Å². The molecule has 1 spiro atoms. The van der Waals surface area contributed by atoms with Gasteiger partial charge in [0.2, 0.25) is 0 Å². The lowest BCUT2D eigenvalue weighted by molar-refractivity contribution is 0.102. The number of carbonyl (C=O) groups excluding carboxylic acids is 1. The summed E-state index contributed by atoms with van der Waals surface area (Å²) in [5, 5.41) is 25.1. The number of benzene rings is 1. The van der Waals surface area contributed by atoms with Crippen LogP contribution in [0.2, 0.25) is 0 Å². The van der Waals surface area contributed by atoms with Crippen molar-refractivity contribution >= 4 is 33.1 Å². The molecule has 38 heavy (non-hydrogen) atoms. The second kappa shape index (κ2) is 10.5. The minimum absolute atomic E-state index is 0.234. The van der Waals surface area contributed by atoms with Crippen LogP contribution in [-0.4, -0.2) is 66.6 Å². The third-order valence-electron chi connectivity index (χ3n) is 8.49. The van der Waals surface area contributed by atoms with E-state index in [1.165, 1.54) is 12.8 Å². The number of pyridine rings is 1. The summed E-state index contributed by atoms with van der Waals surface area (Å²) in [6.45, 7) is 2.72. The van der Waals surface area contributed by atoms with Gasteiger partial charge in [-0.2, -0.15) is 0 Å². The standard InChI is InChI=1S/C28H38N4O5S/c1-27(18-33,19-34)31-24-10-9-23(25(30-24)32-15-13-28(11-12-28)14-16-32)26(35)29-20-5-4-8-22(17-20)38(36,37)21-6-2-3-7-21/h4-5,8-10,17,21,33-34H,2-3,6-7,11-16,18-19H2,1H3,(H,29,35)(H,30,31). The number of sulfone groups is 1. The van der Waals surface area contributed by atoms with Crippen molar-refractivity contribution in [3.05, 3.63) is 42.0 Å². The second-order valence-electron chi connectivity index (χ2n) is 11.5. The van der Waals surface area contributed by atoms with Gasteiger partial charge in [0.15, 0.2) is 9.84 Å². The molecule has 1 aromatic heterocycles. The molecule has 4 N–H and O–H groups in total. The van der Waals surface area contributed by atoms with E-state index in [1.54, 1.807) is 43.3 Å². The number of nitrogens with one attached hydrogen (secondary N) is 2. The molecular weight excluding hydrogens is 504 g/mol. The molecule has 2 saturated carbocycles. The van der Waals surface area contributed by atoms with Gasteiger partial charge >= 0.3 is 0 Å². The van der Waals surface area contributed by atoms with E-state index in [9.17, 15) is 23.4 Å². The molecule has 0 unspecified atom stereocenters. The zero-order valence-corrected chi connectivity index (χ0v) is 22.8. The summed E-state index contributed by atoms with van der Waals surface area (Å²) in [5.74, 6) is 0.628. The van der Waals surface area contributed by atoms with E-state index < -0.39 is 15.4 Å². The largest absolute Gasteiger partial charge is 0.394 e. The van der Waals surface area contributed by atoms with Gasteiger partial charge in [-0.05, 0) is 81.2 Å². The molecule has 10 heteroatoms. The fourth-order valence-corrected chi connectivity index (χ4v) is 7.48. The number of amides is 1. The summed E-state index contributed by atoms with van der Waals surface area (Å²) in [4.78, 5) is 20.6. The Balaban J connectivity index is 1.40. The van der Waals surface area contributed by atoms with Crippen molar-refractivity contribution in [3.8, 4) is 0 Å². The highest BCUT2D eigenvalue weighted by Gasteiger charge is 2.45. The fraction of sp³-hybridized carbons (Fsp3) is 0.571. The van der Waals surface area contributed by atoms with Crippen LogP contribution in [-0.2, 0) is 9.84 Å². The lowest BCUT2D eigenvalue weighted by Crippen LogP contribution is -2.43. The van der Waals surface area contributed by atoms with E-state index in [0.717, 1.165) is 38.8 Å². The van der Waals surface area contributed by atoms with E-state index >= 15 is 0 Å². The van der Waals surface area contributed by atoms with Gasteiger partial charge in [0.1, 0.15) is 11.6 Å². The van der Waals surface area contributed by atoms with Crippen LogP contribution < -0.4 is 15.5 Å². The number of aromatic nitrogens is 1.